The third-order valence-electron chi connectivity index (χ3n) is 5.26. The van der Waals surface area contributed by atoms with E-state index in [0.29, 0.717) is 0 Å². The molecule has 0 saturated carbocycles. The van der Waals surface area contributed by atoms with Crippen LogP contribution >= 0.6 is 0 Å². The summed E-state index contributed by atoms with van der Waals surface area (Å²) in [5.41, 5.74) is 6.54. The molecule has 3 fully saturated rings. The smallest absolute Gasteiger partial charge is 0.0484 e. The van der Waals surface area contributed by atoms with Crippen molar-refractivity contribution in [3.8, 4) is 0 Å². The van der Waals surface area contributed by atoms with E-state index in [1.165, 1.54) is 32.4 Å². The van der Waals surface area contributed by atoms with Gasteiger partial charge in [0.1, 0.15) is 0 Å². The third kappa shape index (κ3) is 2.57. The first-order valence-corrected chi connectivity index (χ1v) is 7.47. The summed E-state index contributed by atoms with van der Waals surface area (Å²) in [5, 5.41) is 0. The molecule has 3 heterocycles. The van der Waals surface area contributed by atoms with Crippen LogP contribution in [0.1, 0.15) is 32.1 Å². The summed E-state index contributed by atoms with van der Waals surface area (Å²) >= 11 is 0. The van der Waals surface area contributed by atoms with E-state index in [2.05, 4.69) is 16.8 Å². The molecule has 18 heavy (non-hydrogen) atoms. The molecular formula is C14H27N3O. The van der Waals surface area contributed by atoms with Crippen molar-refractivity contribution in [3.05, 3.63) is 0 Å². The van der Waals surface area contributed by atoms with Crippen LogP contribution in [-0.4, -0.2) is 67.3 Å². The molecule has 3 rings (SSSR count). The standard InChI is InChI=1S/C14H27N3O/c1-16-12-2-3-13(16)10-17(7-4-12)11-14(15)5-8-18-9-6-14/h12-13H,2-11,15H2,1H3. The second kappa shape index (κ2) is 5.08. The first-order valence-electron chi connectivity index (χ1n) is 7.47. The molecule has 0 aromatic rings. The monoisotopic (exact) mass is 253 g/mol. The van der Waals surface area contributed by atoms with Crippen molar-refractivity contribution < 1.29 is 4.74 Å². The molecule has 0 aromatic carbocycles. The van der Waals surface area contributed by atoms with Gasteiger partial charge in [-0.2, -0.15) is 0 Å². The average Bonchev–Trinajstić information content (AvgIpc) is 2.59. The maximum absolute atomic E-state index is 6.54. The molecule has 3 aliphatic heterocycles. The molecule has 2 unspecified atom stereocenters. The van der Waals surface area contributed by atoms with Gasteiger partial charge in [0.05, 0.1) is 0 Å². The Morgan fingerprint density at radius 2 is 1.89 bits per heavy atom. The number of rotatable bonds is 2. The van der Waals surface area contributed by atoms with Crippen LogP contribution in [0, 0.1) is 0 Å². The SMILES string of the molecule is CN1C2CCC1CN(CC1(N)CCOCC1)CC2. The molecule has 104 valence electrons. The topological polar surface area (TPSA) is 41.7 Å². The highest BCUT2D eigenvalue weighted by molar-refractivity contribution is 4.95. The molecule has 0 aliphatic carbocycles. The van der Waals surface area contributed by atoms with E-state index >= 15 is 0 Å². The Labute approximate surface area is 110 Å². The summed E-state index contributed by atoms with van der Waals surface area (Å²) in [6, 6.07) is 1.59. The van der Waals surface area contributed by atoms with Gasteiger partial charge in [-0.25, -0.2) is 0 Å². The van der Waals surface area contributed by atoms with E-state index in [4.69, 9.17) is 10.5 Å². The van der Waals surface area contributed by atoms with Gasteiger partial charge in [0.15, 0.2) is 0 Å². The number of ether oxygens (including phenoxy) is 1. The lowest BCUT2D eigenvalue weighted by molar-refractivity contribution is 0.0364. The maximum Gasteiger partial charge on any atom is 0.0484 e. The number of hydrogen-bond acceptors (Lipinski definition) is 4. The van der Waals surface area contributed by atoms with E-state index in [-0.39, 0.29) is 5.54 Å². The summed E-state index contributed by atoms with van der Waals surface area (Å²) in [6.07, 6.45) is 6.13. The van der Waals surface area contributed by atoms with Crippen LogP contribution in [0.3, 0.4) is 0 Å². The number of fused-ring (bicyclic) bond motifs is 2. The molecule has 3 aliphatic rings. The lowest BCUT2D eigenvalue weighted by atomic mass is 9.90. The molecule has 2 bridgehead atoms. The Morgan fingerprint density at radius 1 is 1.17 bits per heavy atom. The largest absolute Gasteiger partial charge is 0.381 e. The highest BCUT2D eigenvalue weighted by Gasteiger charge is 2.37. The molecule has 2 N–H and O–H groups in total. The molecule has 3 saturated heterocycles. The van der Waals surface area contributed by atoms with Crippen molar-refractivity contribution >= 4 is 0 Å². The first-order chi connectivity index (χ1) is 8.66. The van der Waals surface area contributed by atoms with E-state index in [9.17, 15) is 0 Å². The number of likely N-dealkylation sites (tertiary alicyclic amines) is 1. The Kier molecular flexibility index (Phi) is 3.63. The predicted molar refractivity (Wildman–Crippen MR) is 72.6 cm³/mol. The van der Waals surface area contributed by atoms with Gasteiger partial charge < -0.3 is 10.5 Å². The van der Waals surface area contributed by atoms with Crippen LogP contribution in [0.5, 0.6) is 0 Å². The van der Waals surface area contributed by atoms with Gasteiger partial charge in [0, 0.05) is 43.9 Å². The minimum atomic E-state index is 0.000402. The molecule has 2 atom stereocenters. The quantitative estimate of drug-likeness (QED) is 0.785. The molecule has 0 aromatic heterocycles. The normalized spacial score (nSPS) is 37.7. The summed E-state index contributed by atoms with van der Waals surface area (Å²) in [4.78, 5) is 5.22. The van der Waals surface area contributed by atoms with Crippen LogP contribution in [0.2, 0.25) is 0 Å². The Balaban J connectivity index is 1.60. The first kappa shape index (κ1) is 12.9. The molecule has 0 amide bonds. The number of hydrogen-bond donors (Lipinski definition) is 1. The number of likely N-dealkylation sites (N-methyl/N-ethyl adjacent to an activating group) is 1. The number of nitrogens with zero attached hydrogens (tertiary/aromatic N) is 2. The van der Waals surface area contributed by atoms with Gasteiger partial charge in [-0.15, -0.1) is 0 Å². The summed E-state index contributed by atoms with van der Waals surface area (Å²) in [7, 11) is 2.30. The second-order valence-corrected chi connectivity index (χ2v) is 6.55. The van der Waals surface area contributed by atoms with Gasteiger partial charge in [-0.05, 0) is 45.7 Å². The van der Waals surface area contributed by atoms with Gasteiger partial charge in [-0.1, -0.05) is 0 Å². The molecule has 4 heteroatoms. The van der Waals surface area contributed by atoms with E-state index in [1.54, 1.807) is 0 Å². The average molecular weight is 253 g/mol. The predicted octanol–water partition coefficient (Wildman–Crippen LogP) is 0.663. The summed E-state index contributed by atoms with van der Waals surface area (Å²) in [6.45, 7) is 5.19. The Hall–Kier alpha value is -0.160. The summed E-state index contributed by atoms with van der Waals surface area (Å²) < 4.78 is 5.44. The molecular weight excluding hydrogens is 226 g/mol. The molecule has 0 spiro atoms. The van der Waals surface area contributed by atoms with Crippen molar-refractivity contribution in [1.29, 1.82) is 0 Å². The Bertz CT molecular complexity index is 291. The maximum atomic E-state index is 6.54. The van der Waals surface area contributed by atoms with Crippen molar-refractivity contribution in [2.24, 2.45) is 5.73 Å². The summed E-state index contributed by atoms with van der Waals surface area (Å²) in [5.74, 6) is 0. The number of nitrogens with two attached hydrogens (primary N) is 1. The second-order valence-electron chi connectivity index (χ2n) is 6.55. The van der Waals surface area contributed by atoms with Crippen LogP contribution < -0.4 is 5.73 Å². The van der Waals surface area contributed by atoms with Gasteiger partial charge in [0.25, 0.3) is 0 Å². The van der Waals surface area contributed by atoms with Crippen LogP contribution in [0.4, 0.5) is 0 Å². The van der Waals surface area contributed by atoms with Crippen LogP contribution in [-0.2, 0) is 4.74 Å². The minimum Gasteiger partial charge on any atom is -0.381 e. The van der Waals surface area contributed by atoms with Crippen LogP contribution in [0.25, 0.3) is 0 Å². The van der Waals surface area contributed by atoms with Gasteiger partial charge in [-0.3, -0.25) is 9.80 Å². The zero-order valence-electron chi connectivity index (χ0n) is 11.6. The fraction of sp³-hybridized carbons (Fsp3) is 1.00. The van der Waals surface area contributed by atoms with Crippen molar-refractivity contribution in [2.75, 3.05) is 39.9 Å². The van der Waals surface area contributed by atoms with E-state index < -0.39 is 0 Å². The highest BCUT2D eigenvalue weighted by atomic mass is 16.5. The highest BCUT2D eigenvalue weighted by Crippen LogP contribution is 2.29. The lowest BCUT2D eigenvalue weighted by Crippen LogP contribution is -2.54. The van der Waals surface area contributed by atoms with E-state index in [0.717, 1.165) is 44.7 Å². The lowest BCUT2D eigenvalue weighted by Gasteiger charge is -2.38. The van der Waals surface area contributed by atoms with Gasteiger partial charge in [0.2, 0.25) is 0 Å². The fourth-order valence-corrected chi connectivity index (χ4v) is 3.90. The molecule has 4 nitrogen and oxygen atoms in total. The van der Waals surface area contributed by atoms with E-state index in [1.807, 2.05) is 0 Å². The van der Waals surface area contributed by atoms with Crippen LogP contribution in [0.15, 0.2) is 0 Å². The van der Waals surface area contributed by atoms with Gasteiger partial charge >= 0.3 is 0 Å². The third-order valence-corrected chi connectivity index (χ3v) is 5.26. The minimum absolute atomic E-state index is 0.000402. The zero-order chi connectivity index (χ0) is 12.6. The fourth-order valence-electron chi connectivity index (χ4n) is 3.90. The van der Waals surface area contributed by atoms with Crippen molar-refractivity contribution in [2.45, 2.75) is 49.7 Å². The van der Waals surface area contributed by atoms with Crippen molar-refractivity contribution in [1.82, 2.24) is 9.80 Å². The molecule has 0 radical (unpaired) electrons. The zero-order valence-corrected chi connectivity index (χ0v) is 11.6. The Morgan fingerprint density at radius 3 is 2.67 bits per heavy atom. The van der Waals surface area contributed by atoms with Crippen molar-refractivity contribution in [3.63, 3.8) is 0 Å².